The summed E-state index contributed by atoms with van der Waals surface area (Å²) in [6, 6.07) is 11.6. The van der Waals surface area contributed by atoms with Gasteiger partial charge < -0.3 is 15.5 Å². The van der Waals surface area contributed by atoms with Crippen LogP contribution in [0, 0.1) is 11.8 Å². The van der Waals surface area contributed by atoms with Crippen LogP contribution in [0.5, 0.6) is 0 Å². The van der Waals surface area contributed by atoms with Crippen LogP contribution in [0.1, 0.15) is 38.5 Å². The molecule has 10 nitrogen and oxygen atoms in total. The molecule has 0 aliphatic carbocycles. The fraction of sp³-hybridized carbons (Fsp3) is 0.500. The molecule has 0 radical (unpaired) electrons. The number of amidine groups is 2. The average molecular weight is 779 g/mol. The molecular weight excluding hydrogens is 743 g/mol. The number of benzene rings is 2. The lowest BCUT2D eigenvalue weighted by Gasteiger charge is -2.49. The molecule has 10 heterocycles. The van der Waals surface area contributed by atoms with Gasteiger partial charge in [0.25, 0.3) is 0 Å². The first kappa shape index (κ1) is 32.1. The van der Waals surface area contributed by atoms with Gasteiger partial charge in [0, 0.05) is 25.4 Å². The fourth-order valence-electron chi connectivity index (χ4n) is 7.92. The first-order valence-electron chi connectivity index (χ1n) is 16.0. The van der Waals surface area contributed by atoms with E-state index in [4.69, 9.17) is 38.6 Å². The number of nitrogens with one attached hydrogen (secondary N) is 1. The molecule has 2 aromatic carbocycles. The second-order valence-corrected chi connectivity index (χ2v) is 17.3. The van der Waals surface area contributed by atoms with Gasteiger partial charge in [0.2, 0.25) is 5.13 Å². The molecule has 2 atom stereocenters. The minimum atomic E-state index is -0.0936. The summed E-state index contributed by atoms with van der Waals surface area (Å²) < 4.78 is 3.05. The number of aromatic nitrogens is 2. The summed E-state index contributed by atoms with van der Waals surface area (Å²) in [5.74, 6) is 2.88. The van der Waals surface area contributed by atoms with E-state index in [9.17, 15) is 0 Å². The molecule has 0 amide bonds. The highest BCUT2D eigenvalue weighted by Gasteiger charge is 2.53. The lowest BCUT2D eigenvalue weighted by atomic mass is 9.74. The fourth-order valence-corrected chi connectivity index (χ4v) is 10.8. The maximum Gasteiger partial charge on any atom is 0.212 e. The third kappa shape index (κ3) is 6.38. The van der Waals surface area contributed by atoms with E-state index >= 15 is 0 Å². The van der Waals surface area contributed by atoms with Crippen molar-refractivity contribution < 1.29 is 9.68 Å². The van der Waals surface area contributed by atoms with Crippen LogP contribution >= 0.6 is 61.8 Å². The number of thiazole rings is 2. The summed E-state index contributed by atoms with van der Waals surface area (Å²) in [5, 5.41) is 6.02. The molecule has 3 N–H and O–H groups in total. The lowest BCUT2D eigenvalue weighted by molar-refractivity contribution is -0.150. The van der Waals surface area contributed by atoms with E-state index in [1.807, 2.05) is 36.4 Å². The van der Waals surface area contributed by atoms with Gasteiger partial charge in [-0.2, -0.15) is 0 Å². The number of hydrogen-bond acceptors (Lipinski definition) is 11. The molecule has 8 aliphatic rings. The minimum Gasteiger partial charge on any atom is -0.386 e. The summed E-state index contributed by atoms with van der Waals surface area (Å²) in [4.78, 5) is 30.0. The number of fused-ring (bicyclic) bond motifs is 6. The highest BCUT2D eigenvalue weighted by molar-refractivity contribution is 9.11. The normalized spacial score (nSPS) is 32.7. The van der Waals surface area contributed by atoms with Crippen molar-refractivity contribution in [2.75, 3.05) is 39.3 Å². The Bertz CT molecular complexity index is 1850. The van der Waals surface area contributed by atoms with Crippen LogP contribution in [0.3, 0.4) is 0 Å². The Kier molecular flexibility index (Phi) is 8.87. The Morgan fingerprint density at radius 1 is 0.851 bits per heavy atom. The van der Waals surface area contributed by atoms with E-state index < -0.39 is 0 Å². The number of hydroxylamine groups is 1. The molecule has 4 aromatic rings. The van der Waals surface area contributed by atoms with Gasteiger partial charge in [-0.05, 0) is 98.0 Å². The Hall–Kier alpha value is -2.10. The zero-order valence-electron chi connectivity index (χ0n) is 25.6. The number of piperidine rings is 6. The largest absolute Gasteiger partial charge is 0.386 e. The van der Waals surface area contributed by atoms with Crippen molar-refractivity contribution in [1.82, 2.24) is 25.2 Å². The molecule has 0 unspecified atom stereocenters. The number of para-hydroxylation sites is 2. The predicted molar refractivity (Wildman–Crippen MR) is 194 cm³/mol. The third-order valence-electron chi connectivity index (χ3n) is 10.2. The van der Waals surface area contributed by atoms with Crippen LogP contribution in [-0.4, -0.2) is 81.9 Å². The van der Waals surface area contributed by atoms with Crippen LogP contribution in [0.4, 0.5) is 5.13 Å². The number of nitrogens with zero attached hydrogens (tertiary/aromatic N) is 6. The van der Waals surface area contributed by atoms with Gasteiger partial charge in [-0.15, -0.1) is 11.3 Å². The molecule has 4 bridgehead atoms. The first-order chi connectivity index (χ1) is 22.8. The molecular formula is C32H35BrCl2N8O2S2. The maximum absolute atomic E-state index is 6.20. The van der Waals surface area contributed by atoms with Crippen LogP contribution in [0.2, 0.25) is 10.0 Å². The molecule has 15 heteroatoms. The summed E-state index contributed by atoms with van der Waals surface area (Å²) in [5.41, 5.74) is 10.3. The topological polar surface area (TPSA) is 113 Å². The van der Waals surface area contributed by atoms with Crippen molar-refractivity contribution in [3.63, 3.8) is 0 Å². The van der Waals surface area contributed by atoms with E-state index in [-0.39, 0.29) is 11.2 Å². The van der Waals surface area contributed by atoms with E-state index in [1.165, 1.54) is 51.9 Å². The number of nitrogens with two attached hydrogens (primary N) is 1. The molecule has 0 saturated carbocycles. The van der Waals surface area contributed by atoms with Gasteiger partial charge in [-0.25, -0.2) is 15.0 Å². The van der Waals surface area contributed by atoms with E-state index in [1.54, 1.807) is 22.7 Å². The van der Waals surface area contributed by atoms with Gasteiger partial charge in [-0.1, -0.05) is 51.8 Å². The van der Waals surface area contributed by atoms with Crippen LogP contribution in [-0.2, 0) is 9.68 Å². The number of hydrogen-bond donors (Lipinski definition) is 2. The summed E-state index contributed by atoms with van der Waals surface area (Å²) >= 11 is 18.5. The second kappa shape index (κ2) is 13.0. The molecule has 47 heavy (non-hydrogen) atoms. The van der Waals surface area contributed by atoms with Crippen molar-refractivity contribution in [3.05, 3.63) is 50.4 Å². The third-order valence-corrected chi connectivity index (χ3v) is 13.2. The van der Waals surface area contributed by atoms with Crippen molar-refractivity contribution in [3.8, 4) is 0 Å². The average Bonchev–Trinajstić information content (AvgIpc) is 3.86. The van der Waals surface area contributed by atoms with Gasteiger partial charge in [0.05, 0.1) is 25.9 Å². The Morgan fingerprint density at radius 3 is 1.98 bits per heavy atom. The van der Waals surface area contributed by atoms with Crippen molar-refractivity contribution >= 4 is 99.0 Å². The van der Waals surface area contributed by atoms with Gasteiger partial charge >= 0.3 is 0 Å². The van der Waals surface area contributed by atoms with Crippen LogP contribution < -0.4 is 11.2 Å². The zero-order valence-corrected chi connectivity index (χ0v) is 30.4. The second-order valence-electron chi connectivity index (χ2n) is 13.2. The predicted octanol–water partition coefficient (Wildman–Crippen LogP) is 7.22. The molecule has 2 spiro atoms. The molecule has 7 saturated heterocycles. The Balaban J connectivity index is 0.000000114. The number of rotatable bonds is 1. The molecule has 7 fully saturated rings. The Labute approximate surface area is 299 Å². The highest BCUT2D eigenvalue weighted by atomic mass is 79.9. The maximum atomic E-state index is 6.20. The van der Waals surface area contributed by atoms with Crippen LogP contribution in [0.15, 0.2) is 50.5 Å². The van der Waals surface area contributed by atoms with E-state index in [0.717, 1.165) is 61.2 Å². The van der Waals surface area contributed by atoms with Crippen molar-refractivity contribution in [2.45, 2.75) is 49.7 Å². The van der Waals surface area contributed by atoms with Gasteiger partial charge in [0.1, 0.15) is 28.3 Å². The molecule has 12 rings (SSSR count). The monoisotopic (exact) mass is 776 g/mol. The molecule has 248 valence electrons. The minimum absolute atomic E-state index is 0.0411. The van der Waals surface area contributed by atoms with E-state index in [0.29, 0.717) is 27.7 Å². The van der Waals surface area contributed by atoms with Gasteiger partial charge in [0.15, 0.2) is 9.52 Å². The van der Waals surface area contributed by atoms with Crippen molar-refractivity contribution in [2.24, 2.45) is 27.7 Å². The first-order valence-corrected chi connectivity index (χ1v) is 19.2. The molecule has 2 aromatic heterocycles. The van der Waals surface area contributed by atoms with Crippen molar-refractivity contribution in [1.29, 1.82) is 0 Å². The molecule has 8 aliphatic heterocycles. The number of aliphatic imine (C=N–C) groups is 1. The highest BCUT2D eigenvalue weighted by Crippen LogP contribution is 2.44. The summed E-state index contributed by atoms with van der Waals surface area (Å²) in [7, 11) is 0. The zero-order chi connectivity index (χ0) is 32.2. The summed E-state index contributed by atoms with van der Waals surface area (Å²) in [6.45, 7) is 6.92. The SMILES string of the molecule is Clc1cccc2sc(Br)nc12.Clc1cccc2sc(N=C3C[C@@]4(CN5CCC4CC5)ON3)nc12.NC1=NO[C@@]2(C1)CN1CCC2CC1. The lowest BCUT2D eigenvalue weighted by Crippen LogP contribution is -2.59. The van der Waals surface area contributed by atoms with E-state index in [2.05, 4.69) is 51.3 Å². The standard InChI is InChI=1S/C16H17ClN4OS.C9H15N3O.C7H3BrClNS/c17-11-2-1-3-12-14(11)19-15(23-12)18-13-8-16(22-20-13)9-21-6-4-10(16)5-7-21;10-8-5-9(13-11-8)6-12-3-1-7(9)2-4-12;8-7-10-6-4(9)2-1-3-5(6)11-7/h1-3,10H,4-9H2,(H,18,19,20);7H,1-6H2,(H2,10,11);1-3H/t16-;9-;/m00./s1. The number of oxime groups is 1. The smallest absolute Gasteiger partial charge is 0.212 e. The van der Waals surface area contributed by atoms with Crippen LogP contribution in [0.25, 0.3) is 20.4 Å². The quantitative estimate of drug-likeness (QED) is 0.208. The summed E-state index contributed by atoms with van der Waals surface area (Å²) in [6.07, 6.45) is 6.65. The Morgan fingerprint density at radius 2 is 1.45 bits per heavy atom. The number of halogens is 3. The van der Waals surface area contributed by atoms with Gasteiger partial charge in [-0.3, -0.25) is 15.2 Å².